The highest BCUT2D eigenvalue weighted by molar-refractivity contribution is 9.10. The van der Waals surface area contributed by atoms with Gasteiger partial charge in [-0.2, -0.15) is 0 Å². The standard InChI is InChI=1S/C15H11BrN2OS/c16-11-5-3-4-10(8-11)9-20-15-17-13-7-2-1-6-12(13)14(19)18-15/h1-8H,9H2,(H,17,18,19). The summed E-state index contributed by atoms with van der Waals surface area (Å²) >= 11 is 4.97. The van der Waals surface area contributed by atoms with E-state index < -0.39 is 0 Å². The summed E-state index contributed by atoms with van der Waals surface area (Å²) < 4.78 is 1.05. The largest absolute Gasteiger partial charge is 0.301 e. The quantitative estimate of drug-likeness (QED) is 0.576. The zero-order valence-electron chi connectivity index (χ0n) is 10.5. The first-order chi connectivity index (χ1) is 9.72. The molecule has 0 bridgehead atoms. The Balaban J connectivity index is 1.86. The first-order valence-electron chi connectivity index (χ1n) is 6.09. The Labute approximate surface area is 128 Å². The molecule has 5 heteroatoms. The molecule has 1 N–H and O–H groups in total. The van der Waals surface area contributed by atoms with Crippen molar-refractivity contribution in [2.24, 2.45) is 0 Å². The summed E-state index contributed by atoms with van der Waals surface area (Å²) in [5.41, 5.74) is 1.82. The van der Waals surface area contributed by atoms with Crippen LogP contribution in [-0.2, 0) is 5.75 Å². The van der Waals surface area contributed by atoms with Crippen molar-refractivity contribution in [1.29, 1.82) is 0 Å². The van der Waals surface area contributed by atoms with Crippen LogP contribution in [0.5, 0.6) is 0 Å². The van der Waals surface area contributed by atoms with Crippen molar-refractivity contribution in [3.63, 3.8) is 0 Å². The summed E-state index contributed by atoms with van der Waals surface area (Å²) in [6.07, 6.45) is 0. The molecule has 100 valence electrons. The number of aromatic amines is 1. The Hall–Kier alpha value is -1.59. The molecule has 20 heavy (non-hydrogen) atoms. The molecule has 0 fully saturated rings. The summed E-state index contributed by atoms with van der Waals surface area (Å²) in [6, 6.07) is 15.5. The lowest BCUT2D eigenvalue weighted by Gasteiger charge is -2.03. The van der Waals surface area contributed by atoms with E-state index in [1.807, 2.05) is 30.3 Å². The van der Waals surface area contributed by atoms with Crippen LogP contribution in [0.15, 0.2) is 63.0 Å². The number of rotatable bonds is 3. The lowest BCUT2D eigenvalue weighted by atomic mass is 10.2. The molecule has 0 saturated heterocycles. The van der Waals surface area contributed by atoms with Crippen LogP contribution in [0.1, 0.15) is 5.56 Å². The maximum Gasteiger partial charge on any atom is 0.259 e. The minimum absolute atomic E-state index is 0.0904. The van der Waals surface area contributed by atoms with Crippen LogP contribution in [0.2, 0.25) is 0 Å². The highest BCUT2D eigenvalue weighted by atomic mass is 79.9. The SMILES string of the molecule is O=c1[nH]c(SCc2cccc(Br)c2)nc2ccccc12. The average Bonchev–Trinajstić information content (AvgIpc) is 2.45. The summed E-state index contributed by atoms with van der Waals surface area (Å²) in [4.78, 5) is 19.2. The van der Waals surface area contributed by atoms with Gasteiger partial charge in [-0.3, -0.25) is 4.79 Å². The molecular weight excluding hydrogens is 336 g/mol. The Morgan fingerprint density at radius 2 is 2.00 bits per heavy atom. The van der Waals surface area contributed by atoms with Crippen molar-refractivity contribution < 1.29 is 0 Å². The lowest BCUT2D eigenvalue weighted by Crippen LogP contribution is -2.08. The van der Waals surface area contributed by atoms with E-state index in [1.54, 1.807) is 6.07 Å². The zero-order valence-corrected chi connectivity index (χ0v) is 12.9. The van der Waals surface area contributed by atoms with Crippen molar-refractivity contribution in [2.75, 3.05) is 0 Å². The van der Waals surface area contributed by atoms with Gasteiger partial charge in [-0.1, -0.05) is 52.0 Å². The van der Waals surface area contributed by atoms with Gasteiger partial charge in [0, 0.05) is 10.2 Å². The monoisotopic (exact) mass is 346 g/mol. The van der Waals surface area contributed by atoms with Crippen LogP contribution in [0.25, 0.3) is 10.9 Å². The van der Waals surface area contributed by atoms with Crippen LogP contribution in [-0.4, -0.2) is 9.97 Å². The molecule has 0 aliphatic carbocycles. The second-order valence-corrected chi connectivity index (χ2v) is 6.19. The molecule has 3 nitrogen and oxygen atoms in total. The summed E-state index contributed by atoms with van der Waals surface area (Å²) in [5, 5.41) is 1.27. The molecule has 0 unspecified atom stereocenters. The number of nitrogens with one attached hydrogen (secondary N) is 1. The zero-order chi connectivity index (χ0) is 13.9. The number of para-hydroxylation sites is 1. The van der Waals surface area contributed by atoms with Crippen LogP contribution >= 0.6 is 27.7 Å². The minimum atomic E-state index is -0.0904. The molecule has 0 amide bonds. The second kappa shape index (κ2) is 5.81. The van der Waals surface area contributed by atoms with Gasteiger partial charge in [0.05, 0.1) is 10.9 Å². The van der Waals surface area contributed by atoms with Crippen LogP contribution < -0.4 is 5.56 Å². The molecule has 3 rings (SSSR count). The Morgan fingerprint density at radius 1 is 1.15 bits per heavy atom. The average molecular weight is 347 g/mol. The van der Waals surface area contributed by atoms with Crippen molar-refractivity contribution in [1.82, 2.24) is 9.97 Å². The van der Waals surface area contributed by atoms with Crippen molar-refractivity contribution in [3.05, 3.63) is 68.9 Å². The molecule has 0 aliphatic rings. The molecule has 0 aliphatic heterocycles. The van der Waals surface area contributed by atoms with E-state index in [2.05, 4.69) is 38.0 Å². The van der Waals surface area contributed by atoms with Gasteiger partial charge in [-0.05, 0) is 29.8 Å². The number of benzene rings is 2. The van der Waals surface area contributed by atoms with E-state index in [-0.39, 0.29) is 5.56 Å². The van der Waals surface area contributed by atoms with E-state index in [0.29, 0.717) is 10.5 Å². The Kier molecular flexibility index (Phi) is 3.89. The number of hydrogen-bond donors (Lipinski definition) is 1. The van der Waals surface area contributed by atoms with Crippen molar-refractivity contribution in [3.8, 4) is 0 Å². The number of hydrogen-bond acceptors (Lipinski definition) is 3. The minimum Gasteiger partial charge on any atom is -0.301 e. The van der Waals surface area contributed by atoms with Gasteiger partial charge < -0.3 is 4.98 Å². The van der Waals surface area contributed by atoms with Gasteiger partial charge in [0.15, 0.2) is 5.16 Å². The molecule has 1 aromatic heterocycles. The van der Waals surface area contributed by atoms with Gasteiger partial charge in [0.25, 0.3) is 5.56 Å². The Bertz CT molecular complexity index is 816. The van der Waals surface area contributed by atoms with E-state index in [0.717, 1.165) is 15.7 Å². The van der Waals surface area contributed by atoms with Crippen LogP contribution in [0, 0.1) is 0 Å². The number of halogens is 1. The van der Waals surface area contributed by atoms with Gasteiger partial charge in [0.2, 0.25) is 0 Å². The third kappa shape index (κ3) is 2.94. The number of thioether (sulfide) groups is 1. The van der Waals surface area contributed by atoms with Gasteiger partial charge in [-0.15, -0.1) is 0 Å². The van der Waals surface area contributed by atoms with Gasteiger partial charge in [-0.25, -0.2) is 4.98 Å². The van der Waals surface area contributed by atoms with Gasteiger partial charge in [0.1, 0.15) is 0 Å². The first kappa shape index (κ1) is 13.4. The van der Waals surface area contributed by atoms with Gasteiger partial charge >= 0.3 is 0 Å². The molecule has 0 atom stereocenters. The fourth-order valence-corrected chi connectivity index (χ4v) is 3.17. The fourth-order valence-electron chi connectivity index (χ4n) is 1.91. The predicted molar refractivity (Wildman–Crippen MR) is 86.1 cm³/mol. The van der Waals surface area contributed by atoms with E-state index >= 15 is 0 Å². The highest BCUT2D eigenvalue weighted by Gasteiger charge is 2.04. The van der Waals surface area contributed by atoms with E-state index in [1.165, 1.54) is 17.3 Å². The smallest absolute Gasteiger partial charge is 0.259 e. The third-order valence-corrected chi connectivity index (χ3v) is 4.29. The molecule has 0 spiro atoms. The molecule has 0 radical (unpaired) electrons. The molecule has 0 saturated carbocycles. The first-order valence-corrected chi connectivity index (χ1v) is 7.86. The Morgan fingerprint density at radius 3 is 2.85 bits per heavy atom. The van der Waals surface area contributed by atoms with Crippen LogP contribution in [0.3, 0.4) is 0 Å². The summed E-state index contributed by atoms with van der Waals surface area (Å²) in [6.45, 7) is 0. The molecule has 3 aromatic rings. The second-order valence-electron chi connectivity index (χ2n) is 4.31. The number of fused-ring (bicyclic) bond motifs is 1. The highest BCUT2D eigenvalue weighted by Crippen LogP contribution is 2.21. The maximum absolute atomic E-state index is 11.9. The van der Waals surface area contributed by atoms with E-state index in [9.17, 15) is 4.79 Å². The normalized spacial score (nSPS) is 10.8. The van der Waals surface area contributed by atoms with E-state index in [4.69, 9.17) is 0 Å². The number of nitrogens with zero attached hydrogens (tertiary/aromatic N) is 1. The van der Waals surface area contributed by atoms with Crippen molar-refractivity contribution >= 4 is 38.6 Å². The molecular formula is C15H11BrN2OS. The maximum atomic E-state index is 11.9. The molecule has 2 aromatic carbocycles. The lowest BCUT2D eigenvalue weighted by molar-refractivity contribution is 0.973. The molecule has 1 heterocycles. The third-order valence-electron chi connectivity index (χ3n) is 2.86. The fraction of sp³-hybridized carbons (Fsp3) is 0.0667. The van der Waals surface area contributed by atoms with Crippen LogP contribution in [0.4, 0.5) is 0 Å². The topological polar surface area (TPSA) is 45.8 Å². The van der Waals surface area contributed by atoms with Crippen molar-refractivity contribution in [2.45, 2.75) is 10.9 Å². The summed E-state index contributed by atoms with van der Waals surface area (Å²) in [5.74, 6) is 0.765. The number of H-pyrrole nitrogens is 1. The predicted octanol–water partition coefficient (Wildman–Crippen LogP) is 3.98. The number of aromatic nitrogens is 2. The summed E-state index contributed by atoms with van der Waals surface area (Å²) in [7, 11) is 0.